The number of nitrogens with zero attached hydrogens (tertiary/aromatic N) is 2. The summed E-state index contributed by atoms with van der Waals surface area (Å²) in [5.41, 5.74) is 7.45. The number of hydrogen-bond acceptors (Lipinski definition) is 4. The van der Waals surface area contributed by atoms with Crippen molar-refractivity contribution in [2.75, 3.05) is 24.6 Å². The summed E-state index contributed by atoms with van der Waals surface area (Å²) in [6.45, 7) is 3.42. The van der Waals surface area contributed by atoms with Crippen LogP contribution in [0.3, 0.4) is 0 Å². The fraction of sp³-hybridized carbons (Fsp3) is 0.583. The number of pyridine rings is 1. The Morgan fingerprint density at radius 3 is 3.00 bits per heavy atom. The van der Waals surface area contributed by atoms with Crippen molar-refractivity contribution in [1.82, 2.24) is 9.88 Å². The van der Waals surface area contributed by atoms with Crippen LogP contribution in [0.4, 0.5) is 11.4 Å². The lowest BCUT2D eigenvalue weighted by atomic mass is 9.99. The molecule has 2 heterocycles. The minimum atomic E-state index is 0.537. The normalized spacial score (nSPS) is 26.6. The first-order chi connectivity index (χ1) is 7.65. The molecule has 0 amide bonds. The second kappa shape index (κ2) is 4.70. The summed E-state index contributed by atoms with van der Waals surface area (Å²) >= 11 is 0. The van der Waals surface area contributed by atoms with Crippen molar-refractivity contribution in [3.8, 4) is 0 Å². The lowest BCUT2D eigenvalue weighted by Gasteiger charge is -2.35. The molecule has 2 rings (SSSR count). The highest BCUT2D eigenvalue weighted by Crippen LogP contribution is 2.20. The van der Waals surface area contributed by atoms with Gasteiger partial charge in [-0.15, -0.1) is 0 Å². The summed E-state index contributed by atoms with van der Waals surface area (Å²) in [4.78, 5) is 6.48. The van der Waals surface area contributed by atoms with E-state index < -0.39 is 0 Å². The Kier molecular flexibility index (Phi) is 3.29. The number of nitrogen functional groups attached to an aromatic ring is 1. The molecule has 88 valence electrons. The molecule has 0 bridgehead atoms. The smallest absolute Gasteiger partial charge is 0.0549 e. The molecular formula is C12H20N4. The predicted octanol–water partition coefficient (Wildman–Crippen LogP) is 1.56. The first kappa shape index (κ1) is 11.2. The molecule has 0 aromatic carbocycles. The summed E-state index contributed by atoms with van der Waals surface area (Å²) in [7, 11) is 2.18. The highest BCUT2D eigenvalue weighted by molar-refractivity contribution is 5.51. The molecule has 2 atom stereocenters. The highest BCUT2D eigenvalue weighted by Gasteiger charge is 2.22. The van der Waals surface area contributed by atoms with Gasteiger partial charge in [0.1, 0.15) is 0 Å². The average molecular weight is 220 g/mol. The van der Waals surface area contributed by atoms with Gasteiger partial charge in [-0.1, -0.05) is 0 Å². The highest BCUT2D eigenvalue weighted by atomic mass is 15.1. The first-order valence-electron chi connectivity index (χ1n) is 5.82. The Labute approximate surface area is 96.8 Å². The van der Waals surface area contributed by atoms with Crippen molar-refractivity contribution in [1.29, 1.82) is 0 Å². The van der Waals surface area contributed by atoms with Gasteiger partial charge in [-0.2, -0.15) is 0 Å². The summed E-state index contributed by atoms with van der Waals surface area (Å²) in [5, 5.41) is 3.50. The van der Waals surface area contributed by atoms with Crippen molar-refractivity contribution in [3.63, 3.8) is 0 Å². The van der Waals surface area contributed by atoms with Gasteiger partial charge in [-0.25, -0.2) is 0 Å². The van der Waals surface area contributed by atoms with Crippen molar-refractivity contribution >= 4 is 11.4 Å². The molecule has 1 fully saturated rings. The summed E-state index contributed by atoms with van der Waals surface area (Å²) < 4.78 is 0. The average Bonchev–Trinajstić information content (AvgIpc) is 2.24. The first-order valence-corrected chi connectivity index (χ1v) is 5.82. The SMILES string of the molecule is CC1CC(Nc2cncc(N)c2)CCN1C. The summed E-state index contributed by atoms with van der Waals surface area (Å²) in [6.07, 6.45) is 5.85. The topological polar surface area (TPSA) is 54.2 Å². The third-order valence-corrected chi connectivity index (χ3v) is 3.34. The maximum Gasteiger partial charge on any atom is 0.0549 e. The molecule has 16 heavy (non-hydrogen) atoms. The molecule has 1 aromatic rings. The Morgan fingerprint density at radius 1 is 1.50 bits per heavy atom. The number of rotatable bonds is 2. The second-order valence-electron chi connectivity index (χ2n) is 4.70. The fourth-order valence-corrected chi connectivity index (χ4v) is 2.19. The van der Waals surface area contributed by atoms with Crippen molar-refractivity contribution in [3.05, 3.63) is 18.5 Å². The maximum atomic E-state index is 5.70. The van der Waals surface area contributed by atoms with Crippen LogP contribution in [0.15, 0.2) is 18.5 Å². The van der Waals surface area contributed by atoms with Crippen LogP contribution in [0.5, 0.6) is 0 Å². The summed E-state index contributed by atoms with van der Waals surface area (Å²) in [5.74, 6) is 0. The van der Waals surface area contributed by atoms with E-state index in [1.54, 1.807) is 6.20 Å². The van der Waals surface area contributed by atoms with Crippen LogP contribution in [0.25, 0.3) is 0 Å². The van der Waals surface area contributed by atoms with Gasteiger partial charge < -0.3 is 16.0 Å². The molecule has 0 saturated carbocycles. The lowest BCUT2D eigenvalue weighted by molar-refractivity contribution is 0.190. The van der Waals surface area contributed by atoms with Crippen LogP contribution in [0, 0.1) is 0 Å². The fourth-order valence-electron chi connectivity index (χ4n) is 2.19. The molecule has 2 unspecified atom stereocenters. The van der Waals surface area contributed by atoms with E-state index in [0.29, 0.717) is 17.8 Å². The minimum absolute atomic E-state index is 0.537. The number of anilines is 2. The molecule has 1 aliphatic rings. The largest absolute Gasteiger partial charge is 0.397 e. The molecule has 0 spiro atoms. The van der Waals surface area contributed by atoms with E-state index in [1.165, 1.54) is 12.8 Å². The third kappa shape index (κ3) is 2.64. The second-order valence-corrected chi connectivity index (χ2v) is 4.70. The van der Waals surface area contributed by atoms with Crippen LogP contribution in [-0.2, 0) is 0 Å². The predicted molar refractivity (Wildman–Crippen MR) is 67.4 cm³/mol. The molecule has 1 aromatic heterocycles. The van der Waals surface area contributed by atoms with E-state index in [-0.39, 0.29) is 0 Å². The zero-order valence-corrected chi connectivity index (χ0v) is 9.98. The molecule has 3 N–H and O–H groups in total. The third-order valence-electron chi connectivity index (χ3n) is 3.34. The standard InChI is InChI=1S/C12H20N4/c1-9-5-11(3-4-16(9)2)15-12-6-10(13)7-14-8-12/h6-9,11,15H,3-5,13H2,1-2H3. The number of hydrogen-bond donors (Lipinski definition) is 2. The molecule has 0 radical (unpaired) electrons. The van der Waals surface area contributed by atoms with Crippen LogP contribution in [0.2, 0.25) is 0 Å². The van der Waals surface area contributed by atoms with Gasteiger partial charge in [0.15, 0.2) is 0 Å². The van der Waals surface area contributed by atoms with Crippen LogP contribution in [0.1, 0.15) is 19.8 Å². The molecule has 4 nitrogen and oxygen atoms in total. The Balaban J connectivity index is 1.95. The maximum absolute atomic E-state index is 5.70. The zero-order chi connectivity index (χ0) is 11.5. The van der Waals surface area contributed by atoms with Crippen LogP contribution >= 0.6 is 0 Å². The molecule has 1 aliphatic heterocycles. The van der Waals surface area contributed by atoms with Gasteiger partial charge in [-0.3, -0.25) is 4.98 Å². The molecule has 0 aliphatic carbocycles. The van der Waals surface area contributed by atoms with E-state index in [2.05, 4.69) is 29.2 Å². The Bertz CT molecular complexity index is 353. The zero-order valence-electron chi connectivity index (χ0n) is 9.98. The van der Waals surface area contributed by atoms with Gasteiger partial charge in [0.25, 0.3) is 0 Å². The summed E-state index contributed by atoms with van der Waals surface area (Å²) in [6, 6.07) is 3.12. The van der Waals surface area contributed by atoms with E-state index in [1.807, 2.05) is 12.3 Å². The van der Waals surface area contributed by atoms with Crippen LogP contribution < -0.4 is 11.1 Å². The van der Waals surface area contributed by atoms with Gasteiger partial charge in [-0.05, 0) is 32.9 Å². The van der Waals surface area contributed by atoms with Crippen molar-refractivity contribution in [2.45, 2.75) is 31.8 Å². The number of aromatic nitrogens is 1. The van der Waals surface area contributed by atoms with E-state index in [0.717, 1.165) is 12.2 Å². The number of piperidine rings is 1. The Morgan fingerprint density at radius 2 is 2.31 bits per heavy atom. The molecular weight excluding hydrogens is 200 g/mol. The Hall–Kier alpha value is -1.29. The molecule has 4 heteroatoms. The van der Waals surface area contributed by atoms with Crippen LogP contribution in [-0.4, -0.2) is 35.6 Å². The lowest BCUT2D eigenvalue weighted by Crippen LogP contribution is -2.42. The van der Waals surface area contributed by atoms with E-state index in [4.69, 9.17) is 5.73 Å². The van der Waals surface area contributed by atoms with E-state index in [9.17, 15) is 0 Å². The quantitative estimate of drug-likeness (QED) is 0.794. The monoisotopic (exact) mass is 220 g/mol. The number of nitrogens with two attached hydrogens (primary N) is 1. The van der Waals surface area contributed by atoms with Crippen molar-refractivity contribution in [2.24, 2.45) is 0 Å². The minimum Gasteiger partial charge on any atom is -0.397 e. The van der Waals surface area contributed by atoms with Crippen molar-refractivity contribution < 1.29 is 0 Å². The van der Waals surface area contributed by atoms with E-state index >= 15 is 0 Å². The van der Waals surface area contributed by atoms with Gasteiger partial charge in [0.2, 0.25) is 0 Å². The van der Waals surface area contributed by atoms with Gasteiger partial charge >= 0.3 is 0 Å². The van der Waals surface area contributed by atoms with Gasteiger partial charge in [0, 0.05) is 24.8 Å². The number of likely N-dealkylation sites (tertiary alicyclic amines) is 1. The van der Waals surface area contributed by atoms with Gasteiger partial charge in [0.05, 0.1) is 17.6 Å². The number of nitrogens with one attached hydrogen (secondary N) is 1. The molecule has 1 saturated heterocycles.